The van der Waals surface area contributed by atoms with Crippen LogP contribution in [-0.4, -0.2) is 40.3 Å². The van der Waals surface area contributed by atoms with Gasteiger partial charge in [0.15, 0.2) is 5.78 Å². The van der Waals surface area contributed by atoms with Crippen molar-refractivity contribution < 1.29 is 19.1 Å². The van der Waals surface area contributed by atoms with E-state index in [0.717, 1.165) is 28.6 Å². The molecule has 0 bridgehead atoms. The molecule has 1 unspecified atom stereocenters. The lowest BCUT2D eigenvalue weighted by molar-refractivity contribution is -0.119. The van der Waals surface area contributed by atoms with Crippen molar-refractivity contribution in [3.05, 3.63) is 65.5 Å². The zero-order chi connectivity index (χ0) is 19.5. The fraction of sp³-hybridized carbons (Fsp3) is 0.250. The molecule has 8 heteroatoms. The van der Waals surface area contributed by atoms with Crippen molar-refractivity contribution in [2.24, 2.45) is 0 Å². The summed E-state index contributed by atoms with van der Waals surface area (Å²) in [4.78, 5) is 34.7. The van der Waals surface area contributed by atoms with Crippen molar-refractivity contribution in [3.63, 3.8) is 0 Å². The lowest BCUT2D eigenvalue weighted by Gasteiger charge is -2.27. The van der Waals surface area contributed by atoms with Crippen LogP contribution < -0.4 is 15.5 Å². The van der Waals surface area contributed by atoms with Gasteiger partial charge in [-0.1, -0.05) is 36.0 Å². The van der Waals surface area contributed by atoms with Gasteiger partial charge >= 0.3 is 0 Å². The molecule has 1 aromatic carbocycles. The van der Waals surface area contributed by atoms with Crippen molar-refractivity contribution in [1.29, 1.82) is 0 Å². The molecule has 1 saturated heterocycles. The highest BCUT2D eigenvalue weighted by molar-refractivity contribution is 8.15. The number of carbonyl (C=O) groups is 3. The number of amides is 2. The summed E-state index contributed by atoms with van der Waals surface area (Å²) in [5, 5.41) is 3.52. The fourth-order valence-corrected chi connectivity index (χ4v) is 4.00. The van der Waals surface area contributed by atoms with Crippen LogP contribution >= 0.6 is 11.8 Å². The first-order valence-corrected chi connectivity index (χ1v) is 9.84. The Bertz CT molecular complexity index is 905. The number of fused-ring (bicyclic) bond motifs is 1. The fourth-order valence-electron chi connectivity index (χ4n) is 3.14. The summed E-state index contributed by atoms with van der Waals surface area (Å²) in [7, 11) is 0. The van der Waals surface area contributed by atoms with Crippen LogP contribution in [0.1, 0.15) is 12.0 Å². The summed E-state index contributed by atoms with van der Waals surface area (Å²) in [6.07, 6.45) is 8.42. The van der Waals surface area contributed by atoms with Gasteiger partial charge in [-0.15, -0.1) is 0 Å². The van der Waals surface area contributed by atoms with E-state index in [-0.39, 0.29) is 22.2 Å². The van der Waals surface area contributed by atoms with Crippen LogP contribution in [0.4, 0.5) is 4.79 Å². The van der Waals surface area contributed by atoms with Crippen molar-refractivity contribution in [3.8, 4) is 5.75 Å². The van der Waals surface area contributed by atoms with Crippen LogP contribution in [0.5, 0.6) is 5.75 Å². The van der Waals surface area contributed by atoms with Gasteiger partial charge in [0.2, 0.25) is 5.91 Å². The van der Waals surface area contributed by atoms with Crippen LogP contribution in [0.25, 0.3) is 0 Å². The van der Waals surface area contributed by atoms with Crippen LogP contribution in [0.2, 0.25) is 0 Å². The first kappa shape index (κ1) is 18.4. The van der Waals surface area contributed by atoms with Gasteiger partial charge in [0.05, 0.1) is 11.8 Å². The number of ether oxygens (including phenoxy) is 1. The normalized spacial score (nSPS) is 20.9. The molecule has 1 fully saturated rings. The lowest BCUT2D eigenvalue weighted by Crippen LogP contribution is -2.37. The summed E-state index contributed by atoms with van der Waals surface area (Å²) in [6.45, 7) is 1.07. The van der Waals surface area contributed by atoms with Gasteiger partial charge in [0.25, 0.3) is 5.24 Å². The average molecular weight is 397 g/mol. The van der Waals surface area contributed by atoms with E-state index in [2.05, 4.69) is 10.7 Å². The van der Waals surface area contributed by atoms with Gasteiger partial charge in [-0.25, -0.2) is 0 Å². The number of nitrogens with zero attached hydrogens (tertiary/aromatic N) is 1. The molecule has 28 heavy (non-hydrogen) atoms. The molecular weight excluding hydrogens is 378 g/mol. The highest BCUT2D eigenvalue weighted by atomic mass is 32.2. The Morgan fingerprint density at radius 2 is 2.00 bits per heavy atom. The maximum atomic E-state index is 11.8. The molecule has 0 radical (unpaired) electrons. The molecule has 1 aromatic rings. The maximum absolute atomic E-state index is 11.8. The highest BCUT2D eigenvalue weighted by Crippen LogP contribution is 2.24. The standard InChI is InChI=1S/C20H19N3O4S/c24-17-3-1-2-14-12-23(21-11-16(14)17)8-9-27-15-6-4-13(5-7-15)10-18-19(25)22-20(26)28-18/h1-2,4-7,11-12,18,21H,3,8-10H2,(H,22,25,26). The molecule has 0 spiro atoms. The van der Waals surface area contributed by atoms with Gasteiger partial charge in [-0.05, 0) is 24.1 Å². The smallest absolute Gasteiger partial charge is 0.286 e. The van der Waals surface area contributed by atoms with Crippen molar-refractivity contribution in [2.45, 2.75) is 18.1 Å². The molecular formula is C20H19N3O4S. The monoisotopic (exact) mass is 397 g/mol. The second kappa shape index (κ2) is 7.93. The number of allylic oxidation sites excluding steroid dienone is 4. The largest absolute Gasteiger partial charge is 0.492 e. The lowest BCUT2D eigenvalue weighted by atomic mass is 9.95. The topological polar surface area (TPSA) is 87.7 Å². The summed E-state index contributed by atoms with van der Waals surface area (Å²) < 4.78 is 5.77. The van der Waals surface area contributed by atoms with E-state index in [4.69, 9.17) is 4.74 Å². The zero-order valence-corrected chi connectivity index (χ0v) is 15.8. The highest BCUT2D eigenvalue weighted by Gasteiger charge is 2.31. The Balaban J connectivity index is 1.26. The molecule has 0 aromatic heterocycles. The Morgan fingerprint density at radius 3 is 2.75 bits per heavy atom. The predicted octanol–water partition coefficient (Wildman–Crippen LogP) is 2.08. The van der Waals surface area contributed by atoms with Crippen molar-refractivity contribution >= 4 is 28.7 Å². The third kappa shape index (κ3) is 4.12. The predicted molar refractivity (Wildman–Crippen MR) is 105 cm³/mol. The van der Waals surface area contributed by atoms with E-state index in [9.17, 15) is 14.4 Å². The molecule has 2 heterocycles. The van der Waals surface area contributed by atoms with Crippen LogP contribution in [0.15, 0.2) is 60.0 Å². The number of hydrogen-bond acceptors (Lipinski definition) is 7. The summed E-state index contributed by atoms with van der Waals surface area (Å²) in [5.41, 5.74) is 5.68. The molecule has 7 nitrogen and oxygen atoms in total. The van der Waals surface area contributed by atoms with E-state index in [1.165, 1.54) is 0 Å². The molecule has 1 aliphatic carbocycles. The number of ketones is 1. The number of rotatable bonds is 6. The van der Waals surface area contributed by atoms with E-state index in [1.807, 2.05) is 47.6 Å². The number of nitrogens with one attached hydrogen (secondary N) is 2. The minimum atomic E-state index is -0.365. The number of thioether (sulfide) groups is 1. The molecule has 3 aliphatic rings. The summed E-state index contributed by atoms with van der Waals surface area (Å²) in [6, 6.07) is 7.52. The SMILES string of the molecule is O=C1NC(=O)C(Cc2ccc(OCCN3C=C4C=CCC(=O)C4=CN3)cc2)S1. The Kier molecular flexibility index (Phi) is 5.21. The quantitative estimate of drug-likeness (QED) is 0.760. The van der Waals surface area contributed by atoms with Gasteiger partial charge in [-0.3, -0.25) is 24.7 Å². The first-order chi connectivity index (χ1) is 13.6. The molecule has 144 valence electrons. The third-order valence-electron chi connectivity index (χ3n) is 4.59. The third-order valence-corrected chi connectivity index (χ3v) is 5.58. The molecule has 4 rings (SSSR count). The molecule has 0 saturated carbocycles. The summed E-state index contributed by atoms with van der Waals surface area (Å²) in [5.74, 6) is 0.622. The van der Waals surface area contributed by atoms with Crippen molar-refractivity contribution in [2.75, 3.05) is 13.2 Å². The Morgan fingerprint density at radius 1 is 1.18 bits per heavy atom. The maximum Gasteiger partial charge on any atom is 0.286 e. The van der Waals surface area contributed by atoms with E-state index in [1.54, 1.807) is 6.20 Å². The second-order valence-electron chi connectivity index (χ2n) is 6.57. The van der Waals surface area contributed by atoms with Crippen LogP contribution in [0.3, 0.4) is 0 Å². The minimum absolute atomic E-state index is 0.120. The summed E-state index contributed by atoms with van der Waals surface area (Å²) >= 11 is 1.03. The Hall–Kier alpha value is -3.00. The van der Waals surface area contributed by atoms with Gasteiger partial charge in [0, 0.05) is 30.0 Å². The number of carbonyl (C=O) groups excluding carboxylic acids is 3. The van der Waals surface area contributed by atoms with Gasteiger partial charge in [0.1, 0.15) is 12.4 Å². The molecule has 2 N–H and O–H groups in total. The number of hydrazine groups is 1. The van der Waals surface area contributed by atoms with E-state index in [0.29, 0.717) is 31.6 Å². The first-order valence-electron chi connectivity index (χ1n) is 8.96. The van der Waals surface area contributed by atoms with Crippen molar-refractivity contribution in [1.82, 2.24) is 15.8 Å². The molecule has 2 amide bonds. The minimum Gasteiger partial charge on any atom is -0.492 e. The zero-order valence-electron chi connectivity index (χ0n) is 15.0. The number of Topliss-reactive ketones (excluding diaryl/α,β-unsaturated/α-hetero) is 1. The second-order valence-corrected chi connectivity index (χ2v) is 7.75. The average Bonchev–Trinajstić information content (AvgIpc) is 3.00. The van der Waals surface area contributed by atoms with Crippen LogP contribution in [0, 0.1) is 0 Å². The van der Waals surface area contributed by atoms with Gasteiger partial charge < -0.3 is 10.2 Å². The molecule has 1 atom stereocenters. The number of imide groups is 1. The van der Waals surface area contributed by atoms with Crippen LogP contribution in [-0.2, 0) is 16.0 Å². The van der Waals surface area contributed by atoms with Gasteiger partial charge in [-0.2, -0.15) is 0 Å². The van der Waals surface area contributed by atoms with E-state index < -0.39 is 0 Å². The Labute approximate surface area is 166 Å². The number of benzene rings is 1. The number of hydrogen-bond donors (Lipinski definition) is 2. The van der Waals surface area contributed by atoms with E-state index >= 15 is 0 Å². The molecule has 2 aliphatic heterocycles.